The molecule has 1 heterocycles. The molecule has 0 bridgehead atoms. The van der Waals surface area contributed by atoms with E-state index in [2.05, 4.69) is 5.32 Å². The predicted molar refractivity (Wildman–Crippen MR) is 159 cm³/mol. The van der Waals surface area contributed by atoms with Gasteiger partial charge in [-0.2, -0.15) is 0 Å². The zero-order valence-corrected chi connectivity index (χ0v) is 24.5. The Hall–Kier alpha value is -4.04. The lowest BCUT2D eigenvalue weighted by atomic mass is 9.80. The molecule has 1 saturated carbocycles. The molecular formula is C34H38N2O6. The number of esters is 2. The van der Waals surface area contributed by atoms with E-state index < -0.39 is 40.9 Å². The number of benzene rings is 3. The molecule has 1 aliphatic heterocycles. The van der Waals surface area contributed by atoms with E-state index in [-0.39, 0.29) is 19.6 Å². The van der Waals surface area contributed by atoms with Gasteiger partial charge in [-0.3, -0.25) is 29.4 Å². The number of nitrogens with zero attached hydrogens (tertiary/aromatic N) is 1. The van der Waals surface area contributed by atoms with Crippen molar-refractivity contribution in [1.82, 2.24) is 10.2 Å². The Balaban J connectivity index is 1.36. The minimum Gasteiger partial charge on any atom is -0.459 e. The van der Waals surface area contributed by atoms with Gasteiger partial charge >= 0.3 is 11.9 Å². The maximum absolute atomic E-state index is 13.6. The minimum atomic E-state index is -1.08. The van der Waals surface area contributed by atoms with Crippen LogP contribution in [0.3, 0.4) is 0 Å². The third-order valence-electron chi connectivity index (χ3n) is 7.93. The van der Waals surface area contributed by atoms with Crippen LogP contribution in [-0.2, 0) is 25.7 Å². The van der Waals surface area contributed by atoms with Crippen molar-refractivity contribution < 1.29 is 28.7 Å². The third kappa shape index (κ3) is 6.39. The number of ether oxygens (including phenoxy) is 2. The maximum Gasteiger partial charge on any atom is 0.326 e. The zero-order valence-electron chi connectivity index (χ0n) is 24.5. The number of carbonyl (C=O) groups excluding carboxylic acids is 4. The highest BCUT2D eigenvalue weighted by molar-refractivity contribution is 6.23. The second kappa shape index (κ2) is 12.1. The molecule has 0 radical (unpaired) electrons. The second-order valence-corrected chi connectivity index (χ2v) is 12.2. The summed E-state index contributed by atoms with van der Waals surface area (Å²) in [7, 11) is 0. The number of amides is 2. The molecule has 1 unspecified atom stereocenters. The summed E-state index contributed by atoms with van der Waals surface area (Å²) < 4.78 is 11.5. The summed E-state index contributed by atoms with van der Waals surface area (Å²) in [5, 5.41) is 5.08. The predicted octanol–water partition coefficient (Wildman–Crippen LogP) is 5.57. The van der Waals surface area contributed by atoms with Crippen LogP contribution in [0.4, 0.5) is 0 Å². The van der Waals surface area contributed by atoms with Crippen molar-refractivity contribution in [3.05, 3.63) is 83.4 Å². The molecule has 0 saturated heterocycles. The van der Waals surface area contributed by atoms with Crippen LogP contribution in [-0.4, -0.2) is 52.4 Å². The van der Waals surface area contributed by atoms with Gasteiger partial charge in [0.1, 0.15) is 23.8 Å². The summed E-state index contributed by atoms with van der Waals surface area (Å²) in [5.74, 6) is -1.73. The van der Waals surface area contributed by atoms with E-state index in [4.69, 9.17) is 9.47 Å². The van der Waals surface area contributed by atoms with Crippen molar-refractivity contribution in [1.29, 1.82) is 0 Å². The van der Waals surface area contributed by atoms with Gasteiger partial charge in [-0.05, 0) is 68.5 Å². The molecule has 8 nitrogen and oxygen atoms in total. The number of imide groups is 1. The van der Waals surface area contributed by atoms with Crippen molar-refractivity contribution >= 4 is 34.5 Å². The highest BCUT2D eigenvalue weighted by Crippen LogP contribution is 2.32. The first kappa shape index (κ1) is 29.5. The monoisotopic (exact) mass is 570 g/mol. The second-order valence-electron chi connectivity index (χ2n) is 12.2. The number of rotatable bonds is 9. The fraction of sp³-hybridized carbons (Fsp3) is 0.412. The summed E-state index contributed by atoms with van der Waals surface area (Å²) >= 11 is 0. The summed E-state index contributed by atoms with van der Waals surface area (Å²) in [5.41, 5.74) is -0.254. The van der Waals surface area contributed by atoms with Gasteiger partial charge in [0.05, 0.1) is 11.1 Å². The Morgan fingerprint density at radius 1 is 0.881 bits per heavy atom. The molecule has 5 rings (SSSR count). The van der Waals surface area contributed by atoms with Crippen molar-refractivity contribution in [3.63, 3.8) is 0 Å². The van der Waals surface area contributed by atoms with Crippen LogP contribution in [0.15, 0.2) is 66.7 Å². The van der Waals surface area contributed by atoms with E-state index in [1.165, 1.54) is 4.90 Å². The van der Waals surface area contributed by atoms with E-state index in [0.29, 0.717) is 24.0 Å². The Morgan fingerprint density at radius 2 is 1.45 bits per heavy atom. The van der Waals surface area contributed by atoms with Crippen molar-refractivity contribution in [2.45, 2.75) is 83.1 Å². The summed E-state index contributed by atoms with van der Waals surface area (Å²) in [6, 6.07) is 19.6. The molecule has 1 atom stereocenters. The quantitative estimate of drug-likeness (QED) is 0.265. The van der Waals surface area contributed by atoms with Crippen LogP contribution < -0.4 is 5.32 Å². The Morgan fingerprint density at radius 3 is 2.02 bits per heavy atom. The lowest BCUT2D eigenvalue weighted by Gasteiger charge is -2.39. The Bertz CT molecular complexity index is 1430. The molecule has 42 heavy (non-hydrogen) atoms. The average Bonchev–Trinajstić information content (AvgIpc) is 3.20. The molecule has 3 aromatic carbocycles. The number of nitrogens with one attached hydrogen (secondary N) is 1. The minimum absolute atomic E-state index is 0.00521. The van der Waals surface area contributed by atoms with E-state index in [0.717, 1.165) is 35.6 Å². The molecule has 0 aromatic heterocycles. The molecule has 2 aliphatic rings. The fourth-order valence-electron chi connectivity index (χ4n) is 5.82. The van der Waals surface area contributed by atoms with Crippen LogP contribution in [0.2, 0.25) is 0 Å². The lowest BCUT2D eigenvalue weighted by Crippen LogP contribution is -2.60. The van der Waals surface area contributed by atoms with Crippen molar-refractivity contribution in [3.8, 4) is 0 Å². The van der Waals surface area contributed by atoms with Gasteiger partial charge in [0.2, 0.25) is 0 Å². The molecule has 8 heteroatoms. The van der Waals surface area contributed by atoms with Crippen LogP contribution >= 0.6 is 0 Å². The molecule has 220 valence electrons. The van der Waals surface area contributed by atoms with Crippen LogP contribution in [0, 0.1) is 0 Å². The summed E-state index contributed by atoms with van der Waals surface area (Å²) in [4.78, 5) is 55.0. The topological polar surface area (TPSA) is 102 Å². The Labute approximate surface area is 246 Å². The number of carbonyl (C=O) groups is 4. The van der Waals surface area contributed by atoms with Gasteiger partial charge in [0, 0.05) is 6.54 Å². The fourth-order valence-corrected chi connectivity index (χ4v) is 5.82. The third-order valence-corrected chi connectivity index (χ3v) is 7.93. The van der Waals surface area contributed by atoms with Gasteiger partial charge in [-0.1, -0.05) is 73.9 Å². The molecule has 2 amide bonds. The summed E-state index contributed by atoms with van der Waals surface area (Å²) in [6.07, 6.45) is 3.71. The first-order chi connectivity index (χ1) is 20.1. The van der Waals surface area contributed by atoms with E-state index >= 15 is 0 Å². The van der Waals surface area contributed by atoms with Gasteiger partial charge in [-0.15, -0.1) is 0 Å². The summed E-state index contributed by atoms with van der Waals surface area (Å²) in [6.45, 7) is 5.46. The van der Waals surface area contributed by atoms with Gasteiger partial charge < -0.3 is 9.47 Å². The normalized spacial score (nSPS) is 17.2. The standard InChI is InChI=1S/C34H38N2O6/c1-33(2,3)42-31(39)28(35-34(17-10-5-11-18-34)32(40)41-22-23-12-6-4-7-13-23)16-19-36-29(37)26-20-24-14-8-9-15-25(24)21-27(26)30(36)38/h4,6-9,12-15,20-21,28,35H,5,10-11,16-19,22H2,1-3H3. The van der Waals surface area contributed by atoms with Gasteiger partial charge in [0.15, 0.2) is 0 Å². The van der Waals surface area contributed by atoms with Crippen molar-refractivity contribution in [2.24, 2.45) is 0 Å². The maximum atomic E-state index is 13.6. The molecule has 3 aromatic rings. The van der Waals surface area contributed by atoms with Crippen LogP contribution in [0.25, 0.3) is 10.8 Å². The number of hydrogen-bond donors (Lipinski definition) is 1. The average molecular weight is 571 g/mol. The lowest BCUT2D eigenvalue weighted by molar-refractivity contribution is -0.162. The molecular weight excluding hydrogens is 532 g/mol. The zero-order chi connectivity index (χ0) is 29.9. The number of hydrogen-bond acceptors (Lipinski definition) is 7. The molecule has 1 N–H and O–H groups in total. The van der Waals surface area contributed by atoms with Gasteiger partial charge in [-0.25, -0.2) is 0 Å². The smallest absolute Gasteiger partial charge is 0.326 e. The first-order valence-electron chi connectivity index (χ1n) is 14.7. The van der Waals surface area contributed by atoms with Gasteiger partial charge in [0.25, 0.3) is 11.8 Å². The van der Waals surface area contributed by atoms with E-state index in [9.17, 15) is 19.2 Å². The van der Waals surface area contributed by atoms with E-state index in [1.807, 2.05) is 54.6 Å². The van der Waals surface area contributed by atoms with Crippen molar-refractivity contribution in [2.75, 3.05) is 6.54 Å². The largest absolute Gasteiger partial charge is 0.459 e. The highest BCUT2D eigenvalue weighted by atomic mass is 16.6. The molecule has 1 fully saturated rings. The highest BCUT2D eigenvalue weighted by Gasteiger charge is 2.45. The Kier molecular flexibility index (Phi) is 8.45. The van der Waals surface area contributed by atoms with Crippen LogP contribution in [0.1, 0.15) is 85.6 Å². The molecule has 0 spiro atoms. The van der Waals surface area contributed by atoms with E-state index in [1.54, 1.807) is 32.9 Å². The SMILES string of the molecule is CC(C)(C)OC(=O)C(CCN1C(=O)c2cc3ccccc3cc2C1=O)NC1(C(=O)OCc2ccccc2)CCCCC1. The van der Waals surface area contributed by atoms with Crippen LogP contribution in [0.5, 0.6) is 0 Å². The molecule has 1 aliphatic carbocycles. The first-order valence-corrected chi connectivity index (χ1v) is 14.7. The number of fused-ring (bicyclic) bond motifs is 2.